The third-order valence-electron chi connectivity index (χ3n) is 2.35. The molecule has 0 saturated heterocycles. The molecular weight excluding hydrogens is 190 g/mol. The number of rotatable bonds is 5. The Morgan fingerprint density at radius 1 is 1.27 bits per heavy atom. The van der Waals surface area contributed by atoms with Crippen molar-refractivity contribution in [3.63, 3.8) is 0 Å². The molecule has 15 heavy (non-hydrogen) atoms. The number of hydrogen-bond donors (Lipinski definition) is 1. The van der Waals surface area contributed by atoms with Crippen LogP contribution in [0.25, 0.3) is 0 Å². The van der Waals surface area contributed by atoms with E-state index in [2.05, 4.69) is 0 Å². The van der Waals surface area contributed by atoms with E-state index in [1.165, 1.54) is 0 Å². The van der Waals surface area contributed by atoms with Gasteiger partial charge in [-0.15, -0.1) is 0 Å². The molecule has 1 rings (SSSR count). The van der Waals surface area contributed by atoms with E-state index < -0.39 is 0 Å². The summed E-state index contributed by atoms with van der Waals surface area (Å²) in [5.41, 5.74) is 6.88. The number of aryl methyl sites for hydroxylation is 1. The Balaban J connectivity index is 2.86. The van der Waals surface area contributed by atoms with Crippen molar-refractivity contribution in [2.75, 3.05) is 14.2 Å². The molecular formula is C12H19NO2. The van der Waals surface area contributed by atoms with E-state index in [9.17, 15) is 0 Å². The maximum absolute atomic E-state index is 5.73. The summed E-state index contributed by atoms with van der Waals surface area (Å²) in [6.45, 7) is 2.01. The largest absolute Gasteiger partial charge is 0.493 e. The van der Waals surface area contributed by atoms with Gasteiger partial charge in [0.2, 0.25) is 0 Å². The number of para-hydroxylation sites is 1. The normalized spacial score (nSPS) is 12.3. The molecule has 0 saturated carbocycles. The first-order valence-corrected chi connectivity index (χ1v) is 5.14. The molecule has 0 aliphatic carbocycles. The molecule has 0 unspecified atom stereocenters. The van der Waals surface area contributed by atoms with Gasteiger partial charge in [0.15, 0.2) is 11.5 Å². The number of benzene rings is 1. The maximum atomic E-state index is 5.73. The lowest BCUT2D eigenvalue weighted by Crippen LogP contribution is -2.15. The maximum Gasteiger partial charge on any atom is 0.163 e. The van der Waals surface area contributed by atoms with Gasteiger partial charge in [-0.1, -0.05) is 12.1 Å². The van der Waals surface area contributed by atoms with Crippen LogP contribution in [0.1, 0.15) is 18.9 Å². The molecule has 0 heterocycles. The van der Waals surface area contributed by atoms with Crippen molar-refractivity contribution in [1.29, 1.82) is 0 Å². The first kappa shape index (κ1) is 11.9. The summed E-state index contributed by atoms with van der Waals surface area (Å²) in [6.07, 6.45) is 1.86. The zero-order chi connectivity index (χ0) is 11.3. The molecule has 3 heteroatoms. The Kier molecular flexibility index (Phi) is 4.43. The van der Waals surface area contributed by atoms with Gasteiger partial charge >= 0.3 is 0 Å². The summed E-state index contributed by atoms with van der Waals surface area (Å²) in [5, 5.41) is 0. The minimum Gasteiger partial charge on any atom is -0.493 e. The molecule has 2 N–H and O–H groups in total. The lowest BCUT2D eigenvalue weighted by molar-refractivity contribution is 0.351. The molecule has 1 atom stereocenters. The highest BCUT2D eigenvalue weighted by atomic mass is 16.5. The number of methoxy groups -OCH3 is 2. The van der Waals surface area contributed by atoms with Gasteiger partial charge in [-0.2, -0.15) is 0 Å². The highest BCUT2D eigenvalue weighted by molar-refractivity contribution is 5.46. The van der Waals surface area contributed by atoms with E-state index in [4.69, 9.17) is 15.2 Å². The second kappa shape index (κ2) is 5.61. The highest BCUT2D eigenvalue weighted by Gasteiger charge is 2.09. The van der Waals surface area contributed by atoms with Crippen LogP contribution in [-0.2, 0) is 6.42 Å². The Hall–Kier alpha value is -1.22. The van der Waals surface area contributed by atoms with Gasteiger partial charge in [0.05, 0.1) is 14.2 Å². The van der Waals surface area contributed by atoms with E-state index >= 15 is 0 Å². The predicted molar refractivity (Wildman–Crippen MR) is 61.5 cm³/mol. The van der Waals surface area contributed by atoms with Crippen LogP contribution in [0, 0.1) is 0 Å². The van der Waals surface area contributed by atoms with Crippen molar-refractivity contribution in [3.05, 3.63) is 23.8 Å². The Labute approximate surface area is 91.2 Å². The van der Waals surface area contributed by atoms with Crippen LogP contribution in [0.5, 0.6) is 11.5 Å². The van der Waals surface area contributed by atoms with Crippen LogP contribution in [0.3, 0.4) is 0 Å². The standard InChI is InChI=1S/C12H19NO2/c1-9(13)7-8-10-5-4-6-11(14-2)12(10)15-3/h4-6,9H,7-8,13H2,1-3H3/t9-/m1/s1. The van der Waals surface area contributed by atoms with E-state index in [0.717, 1.165) is 29.9 Å². The van der Waals surface area contributed by atoms with Crippen molar-refractivity contribution >= 4 is 0 Å². The Morgan fingerprint density at radius 2 is 2.00 bits per heavy atom. The van der Waals surface area contributed by atoms with Crippen LogP contribution < -0.4 is 15.2 Å². The third kappa shape index (κ3) is 3.13. The summed E-state index contributed by atoms with van der Waals surface area (Å²) in [6, 6.07) is 6.12. The van der Waals surface area contributed by atoms with Gasteiger partial charge in [-0.05, 0) is 31.4 Å². The van der Waals surface area contributed by atoms with E-state index in [1.54, 1.807) is 14.2 Å². The SMILES string of the molecule is COc1cccc(CC[C@@H](C)N)c1OC. The van der Waals surface area contributed by atoms with Crippen molar-refractivity contribution in [3.8, 4) is 11.5 Å². The van der Waals surface area contributed by atoms with E-state index in [0.29, 0.717) is 0 Å². The monoisotopic (exact) mass is 209 g/mol. The van der Waals surface area contributed by atoms with Crippen LogP contribution in [-0.4, -0.2) is 20.3 Å². The fourth-order valence-electron chi connectivity index (χ4n) is 1.53. The first-order valence-electron chi connectivity index (χ1n) is 5.14. The summed E-state index contributed by atoms with van der Waals surface area (Å²) >= 11 is 0. The lowest BCUT2D eigenvalue weighted by atomic mass is 10.1. The van der Waals surface area contributed by atoms with Crippen LogP contribution in [0.15, 0.2) is 18.2 Å². The molecule has 0 bridgehead atoms. The third-order valence-corrected chi connectivity index (χ3v) is 2.35. The molecule has 0 aliphatic heterocycles. The molecule has 1 aromatic carbocycles. The number of hydrogen-bond acceptors (Lipinski definition) is 3. The molecule has 0 aliphatic rings. The summed E-state index contributed by atoms with van der Waals surface area (Å²) in [4.78, 5) is 0. The zero-order valence-electron chi connectivity index (χ0n) is 9.62. The molecule has 84 valence electrons. The lowest BCUT2D eigenvalue weighted by Gasteiger charge is -2.13. The van der Waals surface area contributed by atoms with Gasteiger partial charge in [-0.3, -0.25) is 0 Å². The smallest absolute Gasteiger partial charge is 0.163 e. The number of ether oxygens (including phenoxy) is 2. The van der Waals surface area contributed by atoms with Gasteiger partial charge < -0.3 is 15.2 Å². The van der Waals surface area contributed by atoms with Crippen molar-refractivity contribution < 1.29 is 9.47 Å². The van der Waals surface area contributed by atoms with Crippen LogP contribution in [0.2, 0.25) is 0 Å². The molecule has 0 aromatic heterocycles. The molecule has 1 aromatic rings. The average Bonchev–Trinajstić information content (AvgIpc) is 2.25. The zero-order valence-corrected chi connectivity index (χ0v) is 9.62. The van der Waals surface area contributed by atoms with Crippen LogP contribution in [0.4, 0.5) is 0 Å². The Morgan fingerprint density at radius 3 is 2.53 bits per heavy atom. The van der Waals surface area contributed by atoms with Gasteiger partial charge in [0.1, 0.15) is 0 Å². The first-order chi connectivity index (χ1) is 7.19. The average molecular weight is 209 g/mol. The summed E-state index contributed by atoms with van der Waals surface area (Å²) in [5.74, 6) is 1.60. The summed E-state index contributed by atoms with van der Waals surface area (Å²) in [7, 11) is 3.31. The quantitative estimate of drug-likeness (QED) is 0.806. The fraction of sp³-hybridized carbons (Fsp3) is 0.500. The van der Waals surface area contributed by atoms with Crippen molar-refractivity contribution in [1.82, 2.24) is 0 Å². The van der Waals surface area contributed by atoms with Gasteiger partial charge in [-0.25, -0.2) is 0 Å². The minimum atomic E-state index is 0.209. The van der Waals surface area contributed by atoms with Crippen molar-refractivity contribution in [2.24, 2.45) is 5.73 Å². The summed E-state index contributed by atoms with van der Waals surface area (Å²) < 4.78 is 10.6. The predicted octanol–water partition coefficient (Wildman–Crippen LogP) is 1.98. The molecule has 0 fully saturated rings. The fourth-order valence-corrected chi connectivity index (χ4v) is 1.53. The highest BCUT2D eigenvalue weighted by Crippen LogP contribution is 2.31. The second-order valence-corrected chi connectivity index (χ2v) is 3.67. The van der Waals surface area contributed by atoms with Gasteiger partial charge in [0.25, 0.3) is 0 Å². The minimum absolute atomic E-state index is 0.209. The molecule has 3 nitrogen and oxygen atoms in total. The molecule has 0 spiro atoms. The van der Waals surface area contributed by atoms with E-state index in [1.807, 2.05) is 25.1 Å². The Bertz CT molecular complexity index is 310. The number of nitrogens with two attached hydrogens (primary N) is 1. The topological polar surface area (TPSA) is 44.5 Å². The van der Waals surface area contributed by atoms with Crippen molar-refractivity contribution in [2.45, 2.75) is 25.8 Å². The molecule has 0 radical (unpaired) electrons. The second-order valence-electron chi connectivity index (χ2n) is 3.67. The van der Waals surface area contributed by atoms with Gasteiger partial charge in [0, 0.05) is 6.04 Å². The van der Waals surface area contributed by atoms with E-state index in [-0.39, 0.29) is 6.04 Å². The van der Waals surface area contributed by atoms with Crippen LogP contribution >= 0.6 is 0 Å². The molecule has 0 amide bonds.